The van der Waals surface area contributed by atoms with Gasteiger partial charge in [0.15, 0.2) is 0 Å². The van der Waals surface area contributed by atoms with Crippen LogP contribution in [0.4, 0.5) is 0 Å². The van der Waals surface area contributed by atoms with Crippen molar-refractivity contribution in [3.63, 3.8) is 0 Å². The molecule has 21 heteroatoms. The summed E-state index contributed by atoms with van der Waals surface area (Å²) in [5.74, 6) is -7.80. The van der Waals surface area contributed by atoms with Crippen molar-refractivity contribution >= 4 is 53.3 Å². The molecule has 7 amide bonds. The third kappa shape index (κ3) is 13.3. The lowest BCUT2D eigenvalue weighted by Crippen LogP contribution is -2.58. The van der Waals surface area contributed by atoms with Crippen LogP contribution in [0.25, 0.3) is 0 Å². The van der Waals surface area contributed by atoms with Crippen LogP contribution in [0.5, 0.6) is 0 Å². The molecule has 52 heavy (non-hydrogen) atoms. The summed E-state index contributed by atoms with van der Waals surface area (Å²) in [6.07, 6.45) is 0.260. The van der Waals surface area contributed by atoms with Crippen molar-refractivity contribution in [3.05, 3.63) is 0 Å². The smallest absolute Gasteiger partial charge is 0.326 e. The van der Waals surface area contributed by atoms with Crippen LogP contribution in [0.15, 0.2) is 0 Å². The summed E-state index contributed by atoms with van der Waals surface area (Å²) in [6, 6.07) is -6.10. The van der Waals surface area contributed by atoms with Crippen LogP contribution in [-0.4, -0.2) is 154 Å². The van der Waals surface area contributed by atoms with Crippen LogP contribution < -0.4 is 38.1 Å². The van der Waals surface area contributed by atoms with E-state index in [1.807, 2.05) is 0 Å². The van der Waals surface area contributed by atoms with Gasteiger partial charge in [0.1, 0.15) is 30.2 Å². The number of nitrogens with one attached hydrogen (secondary N) is 5. The number of carboxylic acids is 2. The number of aliphatic carboxylic acids is 2. The fourth-order valence-corrected chi connectivity index (χ4v) is 5.94. The molecule has 2 heterocycles. The molecule has 2 aliphatic rings. The minimum absolute atomic E-state index is 0.0760. The van der Waals surface area contributed by atoms with Crippen LogP contribution in [0.1, 0.15) is 64.7 Å². The summed E-state index contributed by atoms with van der Waals surface area (Å²) in [7, 11) is 0. The molecule has 2 saturated heterocycles. The Morgan fingerprint density at radius 2 is 1.33 bits per heavy atom. The number of nitrogens with zero attached hydrogens (tertiary/aromatic N) is 2. The standard InChI is InChI=1S/C31H51N9O12/c1-17(41)26(38-28(48)21-8-4-12-39(21)24(44)14-33)29(49)35-16-22(42)36-18(9-10-25(45)46)30(50)40-13-5-7-20(40)27(47)34-15-23(43)37-19(31(51)52)6-2-3-11-32/h17-21,26,41H,2-16,32-33H2,1H3,(H,34,47)(H,35,49)(H,36,42)(H,37,43)(H,38,48)(H,45,46)(H,51,52)/t17-,18+,19+,20+,21+,26+/m1/s1. The second-order valence-corrected chi connectivity index (χ2v) is 12.6. The summed E-state index contributed by atoms with van der Waals surface area (Å²) < 4.78 is 0. The zero-order chi connectivity index (χ0) is 39.0. The molecule has 292 valence electrons. The molecule has 0 aromatic rings. The Labute approximate surface area is 299 Å². The monoisotopic (exact) mass is 741 g/mol. The maximum absolute atomic E-state index is 13.6. The quantitative estimate of drug-likeness (QED) is 0.0493. The van der Waals surface area contributed by atoms with Gasteiger partial charge < -0.3 is 63.2 Å². The molecule has 0 saturated carbocycles. The average Bonchev–Trinajstić information content (AvgIpc) is 3.80. The van der Waals surface area contributed by atoms with Crippen LogP contribution in [0.3, 0.4) is 0 Å². The maximum atomic E-state index is 13.6. The minimum atomic E-state index is -1.52. The van der Waals surface area contributed by atoms with Crippen molar-refractivity contribution in [2.24, 2.45) is 11.5 Å². The highest BCUT2D eigenvalue weighted by Crippen LogP contribution is 2.20. The molecule has 21 nitrogen and oxygen atoms in total. The Morgan fingerprint density at radius 1 is 0.750 bits per heavy atom. The third-order valence-electron chi connectivity index (χ3n) is 8.66. The van der Waals surface area contributed by atoms with Gasteiger partial charge in [0.25, 0.3) is 0 Å². The number of unbranched alkanes of at least 4 members (excludes halogenated alkanes) is 1. The van der Waals surface area contributed by atoms with Crippen LogP contribution in [-0.2, 0) is 43.2 Å². The molecule has 0 unspecified atom stereocenters. The predicted octanol–water partition coefficient (Wildman–Crippen LogP) is -4.93. The zero-order valence-electron chi connectivity index (χ0n) is 29.1. The number of aliphatic hydroxyl groups excluding tert-OH is 1. The van der Waals surface area contributed by atoms with Gasteiger partial charge in [0, 0.05) is 19.5 Å². The number of hydrogen-bond acceptors (Lipinski definition) is 12. The largest absolute Gasteiger partial charge is 0.481 e. The van der Waals surface area contributed by atoms with Gasteiger partial charge in [-0.05, 0) is 64.8 Å². The summed E-state index contributed by atoms with van der Waals surface area (Å²) in [4.78, 5) is 115. The van der Waals surface area contributed by atoms with Gasteiger partial charge in [-0.15, -0.1) is 0 Å². The molecule has 2 aliphatic heterocycles. The van der Waals surface area contributed by atoms with Crippen molar-refractivity contribution in [1.29, 1.82) is 0 Å². The van der Waals surface area contributed by atoms with Crippen molar-refractivity contribution in [3.8, 4) is 0 Å². The van der Waals surface area contributed by atoms with Crippen LogP contribution in [0.2, 0.25) is 0 Å². The zero-order valence-corrected chi connectivity index (χ0v) is 29.1. The topological polar surface area (TPSA) is 333 Å². The minimum Gasteiger partial charge on any atom is -0.481 e. The number of amides is 7. The average molecular weight is 742 g/mol. The van der Waals surface area contributed by atoms with Gasteiger partial charge in [0.05, 0.1) is 25.7 Å². The van der Waals surface area contributed by atoms with Gasteiger partial charge in [-0.3, -0.25) is 38.4 Å². The van der Waals surface area contributed by atoms with Crippen molar-refractivity contribution in [1.82, 2.24) is 36.4 Å². The second-order valence-electron chi connectivity index (χ2n) is 12.6. The molecule has 0 aromatic carbocycles. The molecular formula is C31H51N9O12. The number of carbonyl (C=O) groups is 9. The Bertz CT molecular complexity index is 1330. The Kier molecular flexibility index (Phi) is 17.9. The summed E-state index contributed by atoms with van der Waals surface area (Å²) in [5.41, 5.74) is 10.8. The second kappa shape index (κ2) is 21.5. The molecule has 6 atom stereocenters. The van der Waals surface area contributed by atoms with Gasteiger partial charge in [-0.2, -0.15) is 0 Å². The molecule has 0 aliphatic carbocycles. The van der Waals surface area contributed by atoms with E-state index >= 15 is 0 Å². The van der Waals surface area contributed by atoms with Crippen LogP contribution >= 0.6 is 0 Å². The first-order chi connectivity index (χ1) is 24.6. The van der Waals surface area contributed by atoms with E-state index in [0.717, 1.165) is 4.90 Å². The molecule has 2 fully saturated rings. The van der Waals surface area contributed by atoms with E-state index in [-0.39, 0.29) is 32.4 Å². The molecule has 12 N–H and O–H groups in total. The van der Waals surface area contributed by atoms with Crippen molar-refractivity contribution < 1.29 is 58.5 Å². The van der Waals surface area contributed by atoms with E-state index in [4.69, 9.17) is 11.5 Å². The SMILES string of the molecule is C[C@@H](O)[C@H](NC(=O)[C@@H]1CCCN1C(=O)CN)C(=O)NCC(=O)N[C@@H](CCC(=O)O)C(=O)N1CCC[C@H]1C(=O)NCC(=O)N[C@@H](CCCCN)C(=O)O. The van der Waals surface area contributed by atoms with E-state index in [1.165, 1.54) is 11.8 Å². The molecule has 0 aromatic heterocycles. The number of aliphatic hydroxyl groups is 1. The fraction of sp³-hybridized carbons (Fsp3) is 0.710. The third-order valence-corrected chi connectivity index (χ3v) is 8.66. The first kappa shape index (κ1) is 43.3. The van der Waals surface area contributed by atoms with Gasteiger partial charge in [0.2, 0.25) is 41.4 Å². The number of carboxylic acid groups (broad SMARTS) is 2. The van der Waals surface area contributed by atoms with Gasteiger partial charge in [-0.1, -0.05) is 0 Å². The molecule has 2 rings (SSSR count). The molecule has 0 spiro atoms. The lowest BCUT2D eigenvalue weighted by atomic mass is 10.1. The number of likely N-dealkylation sites (tertiary alicyclic amines) is 2. The van der Waals surface area contributed by atoms with Crippen LogP contribution in [0, 0.1) is 0 Å². The normalized spacial score (nSPS) is 19.1. The number of hydrogen-bond donors (Lipinski definition) is 10. The lowest BCUT2D eigenvalue weighted by Gasteiger charge is -2.29. The van der Waals surface area contributed by atoms with Gasteiger partial charge in [-0.25, -0.2) is 4.79 Å². The van der Waals surface area contributed by atoms with Gasteiger partial charge >= 0.3 is 11.9 Å². The number of nitrogens with two attached hydrogens (primary N) is 2. The van der Waals surface area contributed by atoms with E-state index in [1.54, 1.807) is 0 Å². The summed E-state index contributed by atoms with van der Waals surface area (Å²) in [6.45, 7) is 0.340. The van der Waals surface area contributed by atoms with E-state index in [2.05, 4.69) is 26.6 Å². The summed E-state index contributed by atoms with van der Waals surface area (Å²) in [5, 5.41) is 40.5. The van der Waals surface area contributed by atoms with E-state index in [9.17, 15) is 58.5 Å². The maximum Gasteiger partial charge on any atom is 0.326 e. The molecule has 0 radical (unpaired) electrons. The Morgan fingerprint density at radius 3 is 1.88 bits per heavy atom. The number of carbonyl (C=O) groups excluding carboxylic acids is 7. The predicted molar refractivity (Wildman–Crippen MR) is 179 cm³/mol. The van der Waals surface area contributed by atoms with Crippen molar-refractivity contribution in [2.45, 2.75) is 101 Å². The highest BCUT2D eigenvalue weighted by Gasteiger charge is 2.39. The van der Waals surface area contributed by atoms with Crippen molar-refractivity contribution in [2.75, 3.05) is 39.3 Å². The first-order valence-corrected chi connectivity index (χ1v) is 17.2. The van der Waals surface area contributed by atoms with E-state index in [0.29, 0.717) is 45.2 Å². The Hall–Kier alpha value is -4.89. The summed E-state index contributed by atoms with van der Waals surface area (Å²) >= 11 is 0. The Balaban J connectivity index is 2.01. The highest BCUT2D eigenvalue weighted by atomic mass is 16.4. The molecular weight excluding hydrogens is 690 g/mol. The first-order valence-electron chi connectivity index (χ1n) is 17.2. The number of rotatable bonds is 21. The highest BCUT2D eigenvalue weighted by molar-refractivity contribution is 5.96. The molecule has 0 bridgehead atoms. The fourth-order valence-electron chi connectivity index (χ4n) is 5.94. The lowest BCUT2D eigenvalue weighted by molar-refractivity contribution is -0.143. The van der Waals surface area contributed by atoms with E-state index < -0.39 is 109 Å².